The smallest absolute Gasteiger partial charge is 0.248 e. The van der Waals surface area contributed by atoms with Crippen molar-refractivity contribution in [2.45, 2.75) is 45.6 Å². The van der Waals surface area contributed by atoms with Crippen LogP contribution in [0.3, 0.4) is 0 Å². The van der Waals surface area contributed by atoms with E-state index in [0.717, 1.165) is 25.7 Å². The molecule has 1 N–H and O–H groups in total. The lowest BCUT2D eigenvalue weighted by atomic mass is 10.1. The van der Waals surface area contributed by atoms with Crippen LogP contribution in [0.4, 0.5) is 5.69 Å². The lowest BCUT2D eigenvalue weighted by Crippen LogP contribution is -2.46. The van der Waals surface area contributed by atoms with Gasteiger partial charge in [-0.2, -0.15) is 0 Å². The quantitative estimate of drug-likeness (QED) is 0.924. The molecule has 22 heavy (non-hydrogen) atoms. The van der Waals surface area contributed by atoms with Gasteiger partial charge in [0.1, 0.15) is 17.4 Å². The third-order valence-electron chi connectivity index (χ3n) is 4.45. The summed E-state index contributed by atoms with van der Waals surface area (Å²) in [5, 5.41) is 6.71. The van der Waals surface area contributed by atoms with Gasteiger partial charge in [-0.1, -0.05) is 18.0 Å². The number of hydrogen-bond donors (Lipinski definition) is 1. The molecule has 0 aromatic carbocycles. The van der Waals surface area contributed by atoms with Crippen molar-refractivity contribution in [1.82, 2.24) is 10.1 Å². The lowest BCUT2D eigenvalue weighted by Gasteiger charge is -2.25. The summed E-state index contributed by atoms with van der Waals surface area (Å²) in [7, 11) is 0. The summed E-state index contributed by atoms with van der Waals surface area (Å²) >= 11 is 1.63. The molecular formula is C15H21N3O3S. The van der Waals surface area contributed by atoms with Crippen molar-refractivity contribution >= 4 is 29.3 Å². The number of nitrogens with zero attached hydrogens (tertiary/aromatic N) is 2. The van der Waals surface area contributed by atoms with E-state index < -0.39 is 6.04 Å². The molecule has 2 aliphatic rings. The van der Waals surface area contributed by atoms with Crippen molar-refractivity contribution in [1.29, 1.82) is 0 Å². The molecule has 0 unspecified atom stereocenters. The Morgan fingerprint density at radius 2 is 2.05 bits per heavy atom. The average molecular weight is 323 g/mol. The Morgan fingerprint density at radius 1 is 1.32 bits per heavy atom. The van der Waals surface area contributed by atoms with Crippen molar-refractivity contribution in [3.05, 3.63) is 11.5 Å². The number of carbonyl (C=O) groups is 2. The van der Waals surface area contributed by atoms with Gasteiger partial charge in [0, 0.05) is 11.7 Å². The Labute approximate surface area is 134 Å². The third-order valence-corrected chi connectivity index (χ3v) is 5.47. The fourth-order valence-corrected chi connectivity index (χ4v) is 4.32. The minimum atomic E-state index is -0.396. The summed E-state index contributed by atoms with van der Waals surface area (Å²) in [5.74, 6) is 1.94. The Bertz CT molecular complexity index is 561. The largest absolute Gasteiger partial charge is 0.359 e. The zero-order valence-corrected chi connectivity index (χ0v) is 13.7. The first-order chi connectivity index (χ1) is 10.6. The number of amides is 2. The first kappa shape index (κ1) is 15.4. The maximum atomic E-state index is 12.6. The summed E-state index contributed by atoms with van der Waals surface area (Å²) in [6.45, 7) is 3.55. The molecule has 2 amide bonds. The molecule has 0 radical (unpaired) electrons. The monoisotopic (exact) mass is 323 g/mol. The topological polar surface area (TPSA) is 75.4 Å². The van der Waals surface area contributed by atoms with E-state index in [9.17, 15) is 9.59 Å². The minimum Gasteiger partial charge on any atom is -0.359 e. The SMILES string of the molecule is Cc1noc(C)c1NC(=O)[C@@H]1CSCN1C(=O)C1CCCC1. The number of rotatable bonds is 3. The molecule has 2 heterocycles. The van der Waals surface area contributed by atoms with Gasteiger partial charge in [0.15, 0.2) is 5.76 Å². The van der Waals surface area contributed by atoms with E-state index in [1.165, 1.54) is 0 Å². The third kappa shape index (κ3) is 2.86. The van der Waals surface area contributed by atoms with Crippen LogP contribution in [-0.2, 0) is 9.59 Å². The molecule has 7 heteroatoms. The van der Waals surface area contributed by atoms with Crippen molar-refractivity contribution in [2.24, 2.45) is 5.92 Å². The normalized spacial score (nSPS) is 22.3. The highest BCUT2D eigenvalue weighted by molar-refractivity contribution is 7.99. The van der Waals surface area contributed by atoms with E-state index in [-0.39, 0.29) is 17.7 Å². The van der Waals surface area contributed by atoms with E-state index >= 15 is 0 Å². The van der Waals surface area contributed by atoms with Gasteiger partial charge in [-0.05, 0) is 26.7 Å². The van der Waals surface area contributed by atoms with Gasteiger partial charge in [-0.15, -0.1) is 11.8 Å². The minimum absolute atomic E-state index is 0.105. The molecular weight excluding hydrogens is 302 g/mol. The molecule has 3 rings (SSSR count). The maximum Gasteiger partial charge on any atom is 0.248 e. The van der Waals surface area contributed by atoms with Gasteiger partial charge in [0.05, 0.1) is 5.88 Å². The highest BCUT2D eigenvalue weighted by Crippen LogP contribution is 2.31. The Balaban J connectivity index is 1.69. The highest BCUT2D eigenvalue weighted by Gasteiger charge is 2.38. The van der Waals surface area contributed by atoms with Crippen molar-refractivity contribution in [3.8, 4) is 0 Å². The number of aromatic nitrogens is 1. The van der Waals surface area contributed by atoms with Gasteiger partial charge < -0.3 is 14.7 Å². The van der Waals surface area contributed by atoms with Crippen molar-refractivity contribution in [2.75, 3.05) is 16.9 Å². The zero-order valence-electron chi connectivity index (χ0n) is 12.9. The van der Waals surface area contributed by atoms with E-state index in [1.54, 1.807) is 30.5 Å². The number of aryl methyl sites for hydroxylation is 2. The van der Waals surface area contributed by atoms with Crippen LogP contribution in [0.15, 0.2) is 4.52 Å². The molecule has 1 aromatic heterocycles. The number of anilines is 1. The number of carbonyl (C=O) groups excluding carboxylic acids is 2. The second-order valence-corrected chi connectivity index (χ2v) is 6.99. The molecule has 1 saturated heterocycles. The molecule has 1 aromatic rings. The van der Waals surface area contributed by atoms with Crippen LogP contribution in [-0.4, -0.2) is 39.5 Å². The Morgan fingerprint density at radius 3 is 2.68 bits per heavy atom. The van der Waals surface area contributed by atoms with Gasteiger partial charge in [0.25, 0.3) is 0 Å². The van der Waals surface area contributed by atoms with Crippen molar-refractivity contribution < 1.29 is 14.1 Å². The fraction of sp³-hybridized carbons (Fsp3) is 0.667. The summed E-state index contributed by atoms with van der Waals surface area (Å²) < 4.78 is 5.06. The van der Waals surface area contributed by atoms with Crippen LogP contribution in [0.5, 0.6) is 0 Å². The van der Waals surface area contributed by atoms with Crippen LogP contribution in [0, 0.1) is 19.8 Å². The molecule has 120 valence electrons. The predicted molar refractivity (Wildman–Crippen MR) is 84.5 cm³/mol. The van der Waals surface area contributed by atoms with Crippen molar-refractivity contribution in [3.63, 3.8) is 0 Å². The second-order valence-electron chi connectivity index (χ2n) is 5.99. The van der Waals surface area contributed by atoms with Crippen LogP contribution in [0.2, 0.25) is 0 Å². The van der Waals surface area contributed by atoms with E-state index in [2.05, 4.69) is 10.5 Å². The molecule has 6 nitrogen and oxygen atoms in total. The van der Waals surface area contributed by atoms with Crippen LogP contribution in [0.25, 0.3) is 0 Å². The molecule has 0 bridgehead atoms. The van der Waals surface area contributed by atoms with Gasteiger partial charge in [0.2, 0.25) is 11.8 Å². The zero-order chi connectivity index (χ0) is 15.7. The number of nitrogens with one attached hydrogen (secondary N) is 1. The average Bonchev–Trinajstić information content (AvgIpc) is 3.23. The second kappa shape index (κ2) is 6.32. The van der Waals surface area contributed by atoms with E-state index in [0.29, 0.717) is 28.8 Å². The molecule has 1 atom stereocenters. The van der Waals surface area contributed by atoms with E-state index in [4.69, 9.17) is 4.52 Å². The Hall–Kier alpha value is -1.50. The van der Waals surface area contributed by atoms with Crippen LogP contribution >= 0.6 is 11.8 Å². The number of hydrogen-bond acceptors (Lipinski definition) is 5. The summed E-state index contributed by atoms with van der Waals surface area (Å²) in [5.41, 5.74) is 1.28. The van der Waals surface area contributed by atoms with Gasteiger partial charge >= 0.3 is 0 Å². The standard InChI is InChI=1S/C15H21N3O3S/c1-9-13(10(2)21-17-9)16-14(19)12-7-22-8-18(12)15(20)11-5-3-4-6-11/h11-12H,3-8H2,1-2H3,(H,16,19)/t12-/m0/s1. The number of thioether (sulfide) groups is 1. The van der Waals surface area contributed by atoms with Crippen LogP contribution in [0.1, 0.15) is 37.1 Å². The highest BCUT2D eigenvalue weighted by atomic mass is 32.2. The maximum absolute atomic E-state index is 12.6. The fourth-order valence-electron chi connectivity index (χ4n) is 3.15. The molecule has 1 aliphatic heterocycles. The molecule has 1 saturated carbocycles. The van der Waals surface area contributed by atoms with Gasteiger partial charge in [-0.3, -0.25) is 9.59 Å². The summed E-state index contributed by atoms with van der Waals surface area (Å²) in [6, 6.07) is -0.396. The molecule has 2 fully saturated rings. The Kier molecular flexibility index (Phi) is 4.42. The summed E-state index contributed by atoms with van der Waals surface area (Å²) in [4.78, 5) is 26.9. The lowest BCUT2D eigenvalue weighted by molar-refractivity contribution is -0.139. The van der Waals surface area contributed by atoms with Gasteiger partial charge in [-0.25, -0.2) is 0 Å². The summed E-state index contributed by atoms with van der Waals surface area (Å²) in [6.07, 6.45) is 4.15. The first-order valence-electron chi connectivity index (χ1n) is 7.70. The van der Waals surface area contributed by atoms with Crippen LogP contribution < -0.4 is 5.32 Å². The molecule has 1 aliphatic carbocycles. The first-order valence-corrected chi connectivity index (χ1v) is 8.85. The molecule has 0 spiro atoms. The van der Waals surface area contributed by atoms with E-state index in [1.807, 2.05) is 0 Å². The predicted octanol–water partition coefficient (Wildman–Crippen LogP) is 2.32.